The van der Waals surface area contributed by atoms with Gasteiger partial charge in [-0.25, -0.2) is 0 Å². The summed E-state index contributed by atoms with van der Waals surface area (Å²) in [6, 6.07) is 0. The zero-order valence-corrected chi connectivity index (χ0v) is 42.4. The van der Waals surface area contributed by atoms with E-state index in [4.69, 9.17) is 14.2 Å². The fourth-order valence-corrected chi connectivity index (χ4v) is 8.20. The second-order valence-electron chi connectivity index (χ2n) is 18.8. The lowest BCUT2D eigenvalue weighted by atomic mass is 10.0. The normalized spacial score (nSPS) is 12.1. The Balaban J connectivity index is 4.32. The molecular weight excluding hydrogens is 781 g/mol. The maximum absolute atomic E-state index is 12.8. The number of ether oxygens (including phenoxy) is 3. The molecule has 0 heterocycles. The molecule has 0 radical (unpaired) electrons. The first kappa shape index (κ1) is 60.9. The van der Waals surface area contributed by atoms with Gasteiger partial charge < -0.3 is 14.2 Å². The first-order valence-electron chi connectivity index (χ1n) is 27.8. The molecule has 0 aliphatic rings. The van der Waals surface area contributed by atoms with Crippen LogP contribution >= 0.6 is 0 Å². The molecule has 0 rings (SSSR count). The summed E-state index contributed by atoms with van der Waals surface area (Å²) in [6.45, 7) is 6.64. The van der Waals surface area contributed by atoms with E-state index in [1.807, 2.05) is 0 Å². The fraction of sp³-hybridized carbons (Fsp3) is 0.877. The Labute approximate surface area is 392 Å². The van der Waals surface area contributed by atoms with Gasteiger partial charge in [-0.3, -0.25) is 14.4 Å². The molecule has 1 atom stereocenters. The summed E-state index contributed by atoms with van der Waals surface area (Å²) >= 11 is 0. The molecule has 0 amide bonds. The minimum Gasteiger partial charge on any atom is -0.462 e. The van der Waals surface area contributed by atoms with Gasteiger partial charge in [-0.15, -0.1) is 0 Å². The predicted molar refractivity (Wildman–Crippen MR) is 270 cm³/mol. The quantitative estimate of drug-likeness (QED) is 0.0262. The van der Waals surface area contributed by atoms with E-state index >= 15 is 0 Å². The average Bonchev–Trinajstić information content (AvgIpc) is 3.28. The molecule has 0 saturated heterocycles. The molecule has 0 aromatic rings. The second kappa shape index (κ2) is 52.5. The third kappa shape index (κ3) is 50.7. The lowest BCUT2D eigenvalue weighted by Crippen LogP contribution is -2.30. The SMILES string of the molecule is CCCCCC/C=C\CCCCCCCC(=O)OCC(COC(=O)CCCCCCCCCCCCCCCCCCCC)OC(=O)CCCCCCC/C=C\CCCCCCC. The first-order chi connectivity index (χ1) is 31.0. The topological polar surface area (TPSA) is 78.9 Å². The molecule has 0 aliphatic carbocycles. The van der Waals surface area contributed by atoms with Gasteiger partial charge in [-0.05, 0) is 70.6 Å². The molecule has 0 aliphatic heterocycles. The average molecular weight is 887 g/mol. The van der Waals surface area contributed by atoms with E-state index in [9.17, 15) is 14.4 Å². The molecule has 370 valence electrons. The summed E-state index contributed by atoms with van der Waals surface area (Å²) in [7, 11) is 0. The highest BCUT2D eigenvalue weighted by Crippen LogP contribution is 2.16. The molecule has 6 heteroatoms. The highest BCUT2D eigenvalue weighted by molar-refractivity contribution is 5.71. The molecule has 63 heavy (non-hydrogen) atoms. The van der Waals surface area contributed by atoms with Crippen molar-refractivity contribution in [1.29, 1.82) is 0 Å². The molecule has 0 N–H and O–H groups in total. The van der Waals surface area contributed by atoms with Crippen LogP contribution in [0.25, 0.3) is 0 Å². The Morgan fingerprint density at radius 1 is 0.302 bits per heavy atom. The fourth-order valence-electron chi connectivity index (χ4n) is 8.20. The number of carbonyl (C=O) groups is 3. The van der Waals surface area contributed by atoms with E-state index in [2.05, 4.69) is 45.1 Å². The van der Waals surface area contributed by atoms with Crippen molar-refractivity contribution in [2.75, 3.05) is 13.2 Å². The van der Waals surface area contributed by atoms with Crippen molar-refractivity contribution in [2.24, 2.45) is 0 Å². The summed E-state index contributed by atoms with van der Waals surface area (Å²) < 4.78 is 16.8. The van der Waals surface area contributed by atoms with Crippen LogP contribution in [0.1, 0.15) is 303 Å². The second-order valence-corrected chi connectivity index (χ2v) is 18.8. The molecular formula is C57H106O6. The minimum absolute atomic E-state index is 0.0731. The van der Waals surface area contributed by atoms with Gasteiger partial charge in [0.15, 0.2) is 6.10 Å². The third-order valence-corrected chi connectivity index (χ3v) is 12.4. The highest BCUT2D eigenvalue weighted by atomic mass is 16.6. The predicted octanol–water partition coefficient (Wildman–Crippen LogP) is 18.3. The molecule has 0 aromatic heterocycles. The van der Waals surface area contributed by atoms with Gasteiger partial charge in [0.2, 0.25) is 0 Å². The number of allylic oxidation sites excluding steroid dienone is 4. The van der Waals surface area contributed by atoms with E-state index in [0.717, 1.165) is 70.6 Å². The maximum Gasteiger partial charge on any atom is 0.306 e. The van der Waals surface area contributed by atoms with Gasteiger partial charge in [0.25, 0.3) is 0 Å². The molecule has 6 nitrogen and oxygen atoms in total. The van der Waals surface area contributed by atoms with E-state index in [-0.39, 0.29) is 31.1 Å². The van der Waals surface area contributed by atoms with Crippen molar-refractivity contribution in [2.45, 2.75) is 309 Å². The van der Waals surface area contributed by atoms with Gasteiger partial charge in [0.1, 0.15) is 13.2 Å². The Morgan fingerprint density at radius 2 is 0.524 bits per heavy atom. The van der Waals surface area contributed by atoms with E-state index in [0.29, 0.717) is 19.3 Å². The first-order valence-corrected chi connectivity index (χ1v) is 27.8. The van der Waals surface area contributed by atoms with E-state index in [1.165, 1.54) is 193 Å². The Bertz CT molecular complexity index is 1020. The van der Waals surface area contributed by atoms with Crippen LogP contribution in [-0.4, -0.2) is 37.2 Å². The number of rotatable bonds is 51. The summed E-state index contributed by atoms with van der Waals surface area (Å²) in [4.78, 5) is 38.0. The molecule has 0 aromatic carbocycles. The number of esters is 3. The number of hydrogen-bond donors (Lipinski definition) is 0. The van der Waals surface area contributed by atoms with Crippen LogP contribution in [0, 0.1) is 0 Å². The van der Waals surface area contributed by atoms with Gasteiger partial charge in [0, 0.05) is 19.3 Å². The Morgan fingerprint density at radius 3 is 0.810 bits per heavy atom. The minimum atomic E-state index is -0.774. The van der Waals surface area contributed by atoms with Crippen LogP contribution in [0.15, 0.2) is 24.3 Å². The number of unbranched alkanes of at least 4 members (excludes halogenated alkanes) is 36. The summed E-state index contributed by atoms with van der Waals surface area (Å²) in [5.74, 6) is -0.874. The number of carbonyl (C=O) groups excluding carboxylic acids is 3. The molecule has 0 spiro atoms. The van der Waals surface area contributed by atoms with Crippen molar-refractivity contribution in [3.05, 3.63) is 24.3 Å². The Kier molecular flexibility index (Phi) is 50.8. The van der Waals surface area contributed by atoms with Crippen molar-refractivity contribution in [1.82, 2.24) is 0 Å². The van der Waals surface area contributed by atoms with Crippen LogP contribution in [0.4, 0.5) is 0 Å². The van der Waals surface area contributed by atoms with Crippen LogP contribution in [0.3, 0.4) is 0 Å². The zero-order chi connectivity index (χ0) is 45.8. The van der Waals surface area contributed by atoms with Crippen LogP contribution in [0.5, 0.6) is 0 Å². The molecule has 0 fully saturated rings. The van der Waals surface area contributed by atoms with E-state index in [1.54, 1.807) is 0 Å². The molecule has 0 bridgehead atoms. The molecule has 0 saturated carbocycles. The number of hydrogen-bond acceptors (Lipinski definition) is 6. The smallest absolute Gasteiger partial charge is 0.306 e. The Hall–Kier alpha value is -2.11. The maximum atomic E-state index is 12.8. The lowest BCUT2D eigenvalue weighted by Gasteiger charge is -2.18. The molecule has 1 unspecified atom stereocenters. The monoisotopic (exact) mass is 887 g/mol. The third-order valence-electron chi connectivity index (χ3n) is 12.4. The van der Waals surface area contributed by atoms with Crippen LogP contribution in [0.2, 0.25) is 0 Å². The zero-order valence-electron chi connectivity index (χ0n) is 42.4. The lowest BCUT2D eigenvalue weighted by molar-refractivity contribution is -0.167. The van der Waals surface area contributed by atoms with Crippen molar-refractivity contribution in [3.8, 4) is 0 Å². The summed E-state index contributed by atoms with van der Waals surface area (Å²) in [5, 5.41) is 0. The van der Waals surface area contributed by atoms with Crippen molar-refractivity contribution >= 4 is 17.9 Å². The summed E-state index contributed by atoms with van der Waals surface area (Å²) in [5.41, 5.74) is 0. The summed E-state index contributed by atoms with van der Waals surface area (Å²) in [6.07, 6.45) is 60.2. The largest absolute Gasteiger partial charge is 0.462 e. The van der Waals surface area contributed by atoms with Crippen LogP contribution in [-0.2, 0) is 28.6 Å². The standard InChI is InChI=1S/C57H106O6/c1-4-7-10-13-16-19-22-25-27-28-29-30-33-35-38-41-44-47-50-56(59)62-53-54(52-61-55(58)49-46-43-40-37-34-31-24-21-18-15-12-9-6-3)63-57(60)51-48-45-42-39-36-32-26-23-20-17-14-11-8-5-2/h21,23-24,26,54H,4-20,22,25,27-53H2,1-3H3/b24-21-,26-23-. The van der Waals surface area contributed by atoms with Gasteiger partial charge in [-0.1, -0.05) is 238 Å². The van der Waals surface area contributed by atoms with Crippen molar-refractivity contribution in [3.63, 3.8) is 0 Å². The van der Waals surface area contributed by atoms with Crippen molar-refractivity contribution < 1.29 is 28.6 Å². The van der Waals surface area contributed by atoms with Gasteiger partial charge >= 0.3 is 17.9 Å². The highest BCUT2D eigenvalue weighted by Gasteiger charge is 2.19. The van der Waals surface area contributed by atoms with Crippen LogP contribution < -0.4 is 0 Å². The van der Waals surface area contributed by atoms with Gasteiger partial charge in [-0.2, -0.15) is 0 Å². The van der Waals surface area contributed by atoms with E-state index < -0.39 is 6.10 Å². The van der Waals surface area contributed by atoms with Gasteiger partial charge in [0.05, 0.1) is 0 Å².